The maximum absolute atomic E-state index is 11.0. The molecule has 0 aliphatic rings. The Labute approximate surface area is 104 Å². The van der Waals surface area contributed by atoms with E-state index in [2.05, 4.69) is 0 Å². The monoisotopic (exact) mass is 246 g/mol. The summed E-state index contributed by atoms with van der Waals surface area (Å²) in [7, 11) is 0. The molecule has 0 atom stereocenters. The van der Waals surface area contributed by atoms with E-state index in [1.54, 1.807) is 12.1 Å². The van der Waals surface area contributed by atoms with Crippen molar-refractivity contribution >= 4 is 17.9 Å². The minimum absolute atomic E-state index is 0.0778. The molecule has 0 bridgehead atoms. The van der Waals surface area contributed by atoms with Gasteiger partial charge in [0.25, 0.3) is 0 Å². The van der Waals surface area contributed by atoms with Crippen LogP contribution in [-0.4, -0.2) is 11.4 Å². The first-order valence-electron chi connectivity index (χ1n) is 5.16. The molecule has 0 saturated carbocycles. The van der Waals surface area contributed by atoms with Crippen molar-refractivity contribution in [1.82, 2.24) is 0 Å². The molecule has 2 aromatic rings. The van der Waals surface area contributed by atoms with Crippen LogP contribution in [0.2, 0.25) is 5.02 Å². The number of aromatic hydroxyl groups is 1. The Kier molecular flexibility index (Phi) is 3.16. The van der Waals surface area contributed by atoms with Crippen LogP contribution in [0, 0.1) is 6.92 Å². The summed E-state index contributed by atoms with van der Waals surface area (Å²) < 4.78 is 0. The number of hydrogen-bond acceptors (Lipinski definition) is 2. The largest absolute Gasteiger partial charge is 0.508 e. The van der Waals surface area contributed by atoms with Crippen LogP contribution in [-0.2, 0) is 0 Å². The van der Waals surface area contributed by atoms with Crippen LogP contribution < -0.4 is 0 Å². The Bertz CT molecular complexity index is 576. The second-order valence-corrected chi connectivity index (χ2v) is 4.26. The zero-order chi connectivity index (χ0) is 12.4. The Balaban J connectivity index is 2.59. The van der Waals surface area contributed by atoms with E-state index < -0.39 is 0 Å². The zero-order valence-corrected chi connectivity index (χ0v) is 10.0. The number of phenolic OH excluding ortho intramolecular Hbond substituents is 1. The second-order valence-electron chi connectivity index (χ2n) is 3.85. The van der Waals surface area contributed by atoms with Crippen molar-refractivity contribution in [3.8, 4) is 16.9 Å². The van der Waals surface area contributed by atoms with Gasteiger partial charge in [-0.15, -0.1) is 0 Å². The maximum Gasteiger partial charge on any atom is 0.150 e. The van der Waals surface area contributed by atoms with Gasteiger partial charge in [0.1, 0.15) is 5.75 Å². The molecule has 0 radical (unpaired) electrons. The molecule has 0 aromatic heterocycles. The normalized spacial score (nSPS) is 10.2. The van der Waals surface area contributed by atoms with E-state index >= 15 is 0 Å². The fourth-order valence-electron chi connectivity index (χ4n) is 1.67. The SMILES string of the molecule is Cc1ccc(-c2ccc(O)cc2C=O)cc1Cl. The fourth-order valence-corrected chi connectivity index (χ4v) is 1.85. The molecular weight excluding hydrogens is 236 g/mol. The molecule has 0 aliphatic carbocycles. The quantitative estimate of drug-likeness (QED) is 0.818. The molecule has 0 saturated heterocycles. The van der Waals surface area contributed by atoms with Crippen molar-refractivity contribution in [2.75, 3.05) is 0 Å². The van der Waals surface area contributed by atoms with Crippen LogP contribution in [0.25, 0.3) is 11.1 Å². The molecule has 1 N–H and O–H groups in total. The lowest BCUT2D eigenvalue weighted by Crippen LogP contribution is -1.88. The third kappa shape index (κ3) is 2.32. The molecule has 0 aliphatic heterocycles. The highest BCUT2D eigenvalue weighted by Crippen LogP contribution is 2.29. The van der Waals surface area contributed by atoms with E-state index in [4.69, 9.17) is 11.6 Å². The van der Waals surface area contributed by atoms with Crippen LogP contribution in [0.3, 0.4) is 0 Å². The zero-order valence-electron chi connectivity index (χ0n) is 9.27. The highest BCUT2D eigenvalue weighted by Gasteiger charge is 2.07. The van der Waals surface area contributed by atoms with Crippen molar-refractivity contribution in [2.24, 2.45) is 0 Å². The molecule has 0 spiro atoms. The van der Waals surface area contributed by atoms with Gasteiger partial charge in [-0.3, -0.25) is 4.79 Å². The minimum atomic E-state index is 0.0778. The topological polar surface area (TPSA) is 37.3 Å². The van der Waals surface area contributed by atoms with Gasteiger partial charge < -0.3 is 5.11 Å². The number of aryl methyl sites for hydroxylation is 1. The molecule has 3 heteroatoms. The lowest BCUT2D eigenvalue weighted by atomic mass is 9.99. The Hall–Kier alpha value is -1.80. The summed E-state index contributed by atoms with van der Waals surface area (Å²) in [5, 5.41) is 9.99. The minimum Gasteiger partial charge on any atom is -0.508 e. The molecule has 0 heterocycles. The first-order valence-corrected chi connectivity index (χ1v) is 5.54. The van der Waals surface area contributed by atoms with E-state index in [0.29, 0.717) is 10.6 Å². The van der Waals surface area contributed by atoms with Crippen molar-refractivity contribution in [3.05, 3.63) is 52.5 Å². The van der Waals surface area contributed by atoms with Crippen LogP contribution >= 0.6 is 11.6 Å². The highest BCUT2D eigenvalue weighted by atomic mass is 35.5. The van der Waals surface area contributed by atoms with Crippen molar-refractivity contribution in [1.29, 1.82) is 0 Å². The van der Waals surface area contributed by atoms with Gasteiger partial charge in [0, 0.05) is 10.6 Å². The average molecular weight is 247 g/mol. The summed E-state index contributed by atoms with van der Waals surface area (Å²) in [5.41, 5.74) is 3.06. The Morgan fingerprint density at radius 1 is 1.18 bits per heavy atom. The third-order valence-electron chi connectivity index (χ3n) is 2.64. The number of halogens is 1. The van der Waals surface area contributed by atoms with Crippen LogP contribution in [0.1, 0.15) is 15.9 Å². The summed E-state index contributed by atoms with van der Waals surface area (Å²) >= 11 is 6.05. The predicted octanol–water partition coefficient (Wildman–Crippen LogP) is 3.83. The molecule has 0 unspecified atom stereocenters. The smallest absolute Gasteiger partial charge is 0.150 e. The summed E-state index contributed by atoms with van der Waals surface area (Å²) in [5.74, 6) is 0.0778. The van der Waals surface area contributed by atoms with Crippen molar-refractivity contribution in [3.63, 3.8) is 0 Å². The number of hydrogen-bond donors (Lipinski definition) is 1. The van der Waals surface area contributed by atoms with E-state index in [0.717, 1.165) is 23.0 Å². The molecule has 2 aromatic carbocycles. The second kappa shape index (κ2) is 4.60. The predicted molar refractivity (Wildman–Crippen MR) is 68.7 cm³/mol. The molecule has 17 heavy (non-hydrogen) atoms. The summed E-state index contributed by atoms with van der Waals surface area (Å²) in [6.45, 7) is 1.92. The van der Waals surface area contributed by atoms with Gasteiger partial charge in [0.15, 0.2) is 6.29 Å². The van der Waals surface area contributed by atoms with Crippen LogP contribution in [0.4, 0.5) is 0 Å². The highest BCUT2D eigenvalue weighted by molar-refractivity contribution is 6.31. The summed E-state index contributed by atoms with van der Waals surface area (Å²) in [6.07, 6.45) is 0.725. The lowest BCUT2D eigenvalue weighted by molar-refractivity contribution is 0.112. The molecule has 2 rings (SSSR count). The van der Waals surface area contributed by atoms with Crippen molar-refractivity contribution < 1.29 is 9.90 Å². The van der Waals surface area contributed by atoms with Crippen LogP contribution in [0.5, 0.6) is 5.75 Å². The van der Waals surface area contributed by atoms with E-state index in [1.807, 2.05) is 25.1 Å². The van der Waals surface area contributed by atoms with E-state index in [1.165, 1.54) is 6.07 Å². The number of benzene rings is 2. The summed E-state index contributed by atoms with van der Waals surface area (Å²) in [4.78, 5) is 11.0. The molecular formula is C14H11ClO2. The number of phenols is 1. The fraction of sp³-hybridized carbons (Fsp3) is 0.0714. The maximum atomic E-state index is 11.0. The first kappa shape index (κ1) is 11.7. The third-order valence-corrected chi connectivity index (χ3v) is 3.05. The number of carbonyl (C=O) groups is 1. The number of rotatable bonds is 2. The Morgan fingerprint density at radius 3 is 2.59 bits per heavy atom. The lowest BCUT2D eigenvalue weighted by Gasteiger charge is -2.07. The molecule has 0 amide bonds. The number of aldehydes is 1. The van der Waals surface area contributed by atoms with Gasteiger partial charge in [0.05, 0.1) is 0 Å². The van der Waals surface area contributed by atoms with Gasteiger partial charge in [-0.2, -0.15) is 0 Å². The van der Waals surface area contributed by atoms with Gasteiger partial charge in [-0.05, 0) is 47.9 Å². The van der Waals surface area contributed by atoms with Gasteiger partial charge >= 0.3 is 0 Å². The van der Waals surface area contributed by atoms with Crippen molar-refractivity contribution in [2.45, 2.75) is 6.92 Å². The van der Waals surface area contributed by atoms with Crippen LogP contribution in [0.15, 0.2) is 36.4 Å². The summed E-state index contributed by atoms with van der Waals surface area (Å²) in [6, 6.07) is 10.3. The van der Waals surface area contributed by atoms with Gasteiger partial charge in [0.2, 0.25) is 0 Å². The first-order chi connectivity index (χ1) is 8.11. The number of carbonyl (C=O) groups excluding carboxylic acids is 1. The average Bonchev–Trinajstić information content (AvgIpc) is 2.32. The molecule has 0 fully saturated rings. The molecule has 2 nitrogen and oxygen atoms in total. The van der Waals surface area contributed by atoms with Gasteiger partial charge in [-0.25, -0.2) is 0 Å². The van der Waals surface area contributed by atoms with E-state index in [-0.39, 0.29) is 5.75 Å². The standard InChI is InChI=1S/C14H11ClO2/c1-9-2-3-10(7-14(9)15)13-5-4-12(17)6-11(13)8-16/h2-8,17H,1H3. The van der Waals surface area contributed by atoms with E-state index in [9.17, 15) is 9.90 Å². The Morgan fingerprint density at radius 2 is 1.94 bits per heavy atom. The van der Waals surface area contributed by atoms with Gasteiger partial charge in [-0.1, -0.05) is 23.7 Å². The molecule has 86 valence electrons.